The molecule has 0 saturated carbocycles. The largest absolute Gasteiger partial charge is 0.0958 e. The Morgan fingerprint density at radius 2 is 1.70 bits per heavy atom. The van der Waals surface area contributed by atoms with Crippen LogP contribution in [0.4, 0.5) is 0 Å². The quantitative estimate of drug-likeness (QED) is 0.202. The maximum Gasteiger partial charge on any atom is -0.0192 e. The van der Waals surface area contributed by atoms with Crippen molar-refractivity contribution >= 4 is 0 Å². The van der Waals surface area contributed by atoms with E-state index in [0.717, 1.165) is 32.1 Å². The Hall–Kier alpha value is -2.08. The molecule has 0 heterocycles. The van der Waals surface area contributed by atoms with Crippen molar-refractivity contribution in [2.75, 3.05) is 0 Å². The van der Waals surface area contributed by atoms with E-state index in [2.05, 4.69) is 95.5 Å². The Balaban J connectivity index is 2.56. The second kappa shape index (κ2) is 15.7. The van der Waals surface area contributed by atoms with Crippen molar-refractivity contribution in [1.82, 2.24) is 0 Å². The molecule has 1 aromatic rings. The first kappa shape index (κ1) is 26.0. The van der Waals surface area contributed by atoms with E-state index < -0.39 is 0 Å². The molecule has 164 valence electrons. The molecule has 0 spiro atoms. The summed E-state index contributed by atoms with van der Waals surface area (Å²) in [4.78, 5) is 0. The molecule has 0 radical (unpaired) electrons. The summed E-state index contributed by atoms with van der Waals surface area (Å²) < 4.78 is 0. The number of benzene rings is 1. The molecule has 0 saturated heterocycles. The van der Waals surface area contributed by atoms with E-state index in [0.29, 0.717) is 5.92 Å². The van der Waals surface area contributed by atoms with Crippen LogP contribution in [0.1, 0.15) is 83.8 Å². The van der Waals surface area contributed by atoms with Gasteiger partial charge in [-0.05, 0) is 74.5 Å². The summed E-state index contributed by atoms with van der Waals surface area (Å²) in [5, 5.41) is 0. The maximum atomic E-state index is 4.27. The van der Waals surface area contributed by atoms with Gasteiger partial charge in [-0.2, -0.15) is 0 Å². The number of rotatable bonds is 15. The second-order valence-corrected chi connectivity index (χ2v) is 8.40. The number of unbranched alkanes of at least 4 members (excludes halogenated alkanes) is 2. The third-order valence-corrected chi connectivity index (χ3v) is 5.63. The lowest BCUT2D eigenvalue weighted by Gasteiger charge is -2.12. The van der Waals surface area contributed by atoms with Crippen LogP contribution < -0.4 is 0 Å². The van der Waals surface area contributed by atoms with E-state index in [1.165, 1.54) is 53.5 Å². The van der Waals surface area contributed by atoms with Crippen LogP contribution in [0.15, 0.2) is 84.5 Å². The van der Waals surface area contributed by atoms with E-state index in [1.54, 1.807) is 0 Å². The molecule has 0 aliphatic carbocycles. The first-order valence-electron chi connectivity index (χ1n) is 12.0. The SMILES string of the molecule is C=C(/C=C\C(CC)Cc1cccc(CCCCC)c1)CCC(=C)/C=C(\C=C/C)CC. The Morgan fingerprint density at radius 3 is 2.37 bits per heavy atom. The summed E-state index contributed by atoms with van der Waals surface area (Å²) in [7, 11) is 0. The van der Waals surface area contributed by atoms with Crippen molar-refractivity contribution in [3.63, 3.8) is 0 Å². The summed E-state index contributed by atoms with van der Waals surface area (Å²) in [6.45, 7) is 17.3. The van der Waals surface area contributed by atoms with E-state index in [4.69, 9.17) is 0 Å². The van der Waals surface area contributed by atoms with E-state index in [1.807, 2.05) is 0 Å². The monoisotopic (exact) mass is 404 g/mol. The van der Waals surface area contributed by atoms with Gasteiger partial charge in [0.15, 0.2) is 0 Å². The van der Waals surface area contributed by atoms with Gasteiger partial charge in [0.25, 0.3) is 0 Å². The number of hydrogen-bond acceptors (Lipinski definition) is 0. The zero-order valence-electron chi connectivity index (χ0n) is 20.1. The topological polar surface area (TPSA) is 0 Å². The van der Waals surface area contributed by atoms with Gasteiger partial charge in [-0.3, -0.25) is 0 Å². The molecule has 0 bridgehead atoms. The fraction of sp³-hybridized carbons (Fsp3) is 0.467. The highest BCUT2D eigenvalue weighted by atomic mass is 14.1. The summed E-state index contributed by atoms with van der Waals surface area (Å²) >= 11 is 0. The van der Waals surface area contributed by atoms with Gasteiger partial charge in [0, 0.05) is 0 Å². The molecule has 1 atom stereocenters. The highest BCUT2D eigenvalue weighted by Gasteiger charge is 2.05. The molecule has 0 fully saturated rings. The van der Waals surface area contributed by atoms with E-state index in [-0.39, 0.29) is 0 Å². The Labute approximate surface area is 187 Å². The maximum absolute atomic E-state index is 4.27. The van der Waals surface area contributed by atoms with Gasteiger partial charge in [-0.15, -0.1) is 0 Å². The summed E-state index contributed by atoms with van der Waals surface area (Å²) in [6, 6.07) is 9.19. The van der Waals surface area contributed by atoms with Gasteiger partial charge in [0.2, 0.25) is 0 Å². The molecule has 0 amide bonds. The van der Waals surface area contributed by atoms with Gasteiger partial charge in [-0.25, -0.2) is 0 Å². The zero-order chi connectivity index (χ0) is 22.2. The van der Waals surface area contributed by atoms with Crippen molar-refractivity contribution in [3.8, 4) is 0 Å². The smallest absolute Gasteiger partial charge is 0.0192 e. The summed E-state index contributed by atoms with van der Waals surface area (Å²) in [6.07, 6.45) is 21.5. The van der Waals surface area contributed by atoms with Crippen LogP contribution in [0, 0.1) is 5.92 Å². The molecule has 1 rings (SSSR count). The van der Waals surface area contributed by atoms with Crippen molar-refractivity contribution in [2.45, 2.75) is 85.5 Å². The predicted octanol–water partition coefficient (Wildman–Crippen LogP) is 9.35. The third kappa shape index (κ3) is 11.2. The highest BCUT2D eigenvalue weighted by Crippen LogP contribution is 2.19. The van der Waals surface area contributed by atoms with Crippen LogP contribution in [-0.2, 0) is 12.8 Å². The third-order valence-electron chi connectivity index (χ3n) is 5.63. The molecule has 0 aromatic heterocycles. The minimum atomic E-state index is 0.567. The molecule has 0 aliphatic heterocycles. The Morgan fingerprint density at radius 1 is 0.967 bits per heavy atom. The molecule has 0 heteroatoms. The van der Waals surface area contributed by atoms with Crippen LogP contribution >= 0.6 is 0 Å². The lowest BCUT2D eigenvalue weighted by molar-refractivity contribution is 0.623. The standard InChI is InChI=1S/C30H44/c1-7-11-12-15-29-16-13-17-30(24-29)23-28(10-4)21-20-25(5)18-19-26(6)22-27(9-3)14-8-2/h8,13-14,16-17,20-22,24,28H,5-7,9-12,15,18-19,23H2,1-4H3/b14-8-,21-20-,27-22-. The Kier molecular flexibility index (Phi) is 13.6. The Bertz CT molecular complexity index is 726. The lowest BCUT2D eigenvalue weighted by atomic mass is 9.93. The average molecular weight is 405 g/mol. The number of aryl methyl sites for hydroxylation is 1. The van der Waals surface area contributed by atoms with Crippen LogP contribution in [0.5, 0.6) is 0 Å². The molecule has 0 aliphatic rings. The van der Waals surface area contributed by atoms with Crippen LogP contribution in [-0.4, -0.2) is 0 Å². The van der Waals surface area contributed by atoms with Crippen LogP contribution in [0.25, 0.3) is 0 Å². The summed E-state index contributed by atoms with van der Waals surface area (Å²) in [5.41, 5.74) is 6.67. The highest BCUT2D eigenvalue weighted by molar-refractivity contribution is 5.29. The first-order valence-corrected chi connectivity index (χ1v) is 12.0. The van der Waals surface area contributed by atoms with Gasteiger partial charge < -0.3 is 0 Å². The fourth-order valence-electron chi connectivity index (χ4n) is 3.64. The minimum absolute atomic E-state index is 0.567. The molecule has 1 unspecified atom stereocenters. The van der Waals surface area contributed by atoms with Gasteiger partial charge in [0.05, 0.1) is 0 Å². The van der Waals surface area contributed by atoms with E-state index in [9.17, 15) is 0 Å². The zero-order valence-corrected chi connectivity index (χ0v) is 20.1. The van der Waals surface area contributed by atoms with Gasteiger partial charge in [0.1, 0.15) is 0 Å². The minimum Gasteiger partial charge on any atom is -0.0958 e. The molecule has 1 aromatic carbocycles. The van der Waals surface area contributed by atoms with Crippen molar-refractivity contribution < 1.29 is 0 Å². The average Bonchev–Trinajstić information content (AvgIpc) is 2.75. The van der Waals surface area contributed by atoms with Crippen LogP contribution in [0.3, 0.4) is 0 Å². The number of allylic oxidation sites excluding steroid dienone is 8. The van der Waals surface area contributed by atoms with Crippen molar-refractivity contribution in [3.05, 3.63) is 95.6 Å². The normalized spacial score (nSPS) is 13.3. The van der Waals surface area contributed by atoms with Gasteiger partial charge >= 0.3 is 0 Å². The summed E-state index contributed by atoms with van der Waals surface area (Å²) in [5.74, 6) is 0.567. The molecular weight excluding hydrogens is 360 g/mol. The first-order chi connectivity index (χ1) is 14.5. The van der Waals surface area contributed by atoms with Gasteiger partial charge in [-0.1, -0.05) is 113 Å². The second-order valence-electron chi connectivity index (χ2n) is 8.40. The predicted molar refractivity (Wildman–Crippen MR) is 137 cm³/mol. The fourth-order valence-corrected chi connectivity index (χ4v) is 3.64. The van der Waals surface area contributed by atoms with Crippen molar-refractivity contribution in [1.29, 1.82) is 0 Å². The lowest BCUT2D eigenvalue weighted by Crippen LogP contribution is -2.01. The van der Waals surface area contributed by atoms with Crippen LogP contribution in [0.2, 0.25) is 0 Å². The molecule has 0 N–H and O–H groups in total. The molecular formula is C30H44. The number of hydrogen-bond donors (Lipinski definition) is 0. The molecule has 30 heavy (non-hydrogen) atoms. The molecule has 0 nitrogen and oxygen atoms in total. The van der Waals surface area contributed by atoms with E-state index >= 15 is 0 Å². The van der Waals surface area contributed by atoms with Crippen molar-refractivity contribution in [2.24, 2.45) is 5.92 Å².